The van der Waals surface area contributed by atoms with Crippen LogP contribution < -0.4 is 4.72 Å². The highest BCUT2D eigenvalue weighted by atomic mass is 32.2. The number of nitriles is 1. The Labute approximate surface area is 146 Å². The smallest absolute Gasteiger partial charge is 0.241 e. The van der Waals surface area contributed by atoms with Gasteiger partial charge in [-0.1, -0.05) is 36.4 Å². The van der Waals surface area contributed by atoms with Gasteiger partial charge >= 0.3 is 0 Å². The van der Waals surface area contributed by atoms with Crippen molar-refractivity contribution < 1.29 is 13.2 Å². The second-order valence-corrected chi connectivity index (χ2v) is 7.56. The van der Waals surface area contributed by atoms with E-state index in [2.05, 4.69) is 4.72 Å². The fraction of sp³-hybridized carbons (Fsp3) is 0.222. The molecule has 0 bridgehead atoms. The molecule has 0 saturated carbocycles. The molecule has 1 aliphatic heterocycles. The predicted molar refractivity (Wildman–Crippen MR) is 91.7 cm³/mol. The molecule has 1 aliphatic rings. The van der Waals surface area contributed by atoms with Crippen molar-refractivity contribution in [1.82, 2.24) is 9.62 Å². The van der Waals surface area contributed by atoms with Crippen LogP contribution in [-0.4, -0.2) is 31.8 Å². The zero-order valence-corrected chi connectivity index (χ0v) is 14.2. The number of nitrogens with zero attached hydrogens (tertiary/aromatic N) is 2. The number of amides is 1. The van der Waals surface area contributed by atoms with Gasteiger partial charge in [0.05, 0.1) is 16.5 Å². The number of carbonyl (C=O) groups is 1. The molecular weight excluding hydrogens is 338 g/mol. The van der Waals surface area contributed by atoms with Crippen LogP contribution in [-0.2, 0) is 21.4 Å². The van der Waals surface area contributed by atoms with Crippen molar-refractivity contribution in [2.75, 3.05) is 6.54 Å². The third-order valence-electron chi connectivity index (χ3n) is 4.08. The normalized spacial score (nSPS) is 17.5. The zero-order valence-electron chi connectivity index (χ0n) is 13.4. The number of hydrogen-bond donors (Lipinski definition) is 1. The standard InChI is InChI=1S/C18H17N3O3S/c19-12-15-7-4-8-16(11-15)25(23,24)20-17-9-10-21(18(17)22)13-14-5-2-1-3-6-14/h1-8,11,17,20H,9-10,13H2/t17-/m0/s1. The zero-order chi connectivity index (χ0) is 17.9. The van der Waals surface area contributed by atoms with Crippen LogP contribution in [0.3, 0.4) is 0 Å². The first-order valence-electron chi connectivity index (χ1n) is 7.85. The van der Waals surface area contributed by atoms with E-state index in [1.165, 1.54) is 24.3 Å². The van der Waals surface area contributed by atoms with Gasteiger partial charge in [0.2, 0.25) is 15.9 Å². The van der Waals surface area contributed by atoms with Crippen LogP contribution in [0.2, 0.25) is 0 Å². The summed E-state index contributed by atoms with van der Waals surface area (Å²) in [4.78, 5) is 14.1. The molecule has 1 amide bonds. The van der Waals surface area contributed by atoms with E-state index in [0.717, 1.165) is 5.56 Å². The quantitative estimate of drug-likeness (QED) is 0.883. The maximum absolute atomic E-state index is 12.5. The van der Waals surface area contributed by atoms with Gasteiger partial charge < -0.3 is 4.90 Å². The lowest BCUT2D eigenvalue weighted by Crippen LogP contribution is -2.41. The summed E-state index contributed by atoms with van der Waals surface area (Å²) >= 11 is 0. The van der Waals surface area contributed by atoms with Gasteiger partial charge in [-0.25, -0.2) is 8.42 Å². The highest BCUT2D eigenvalue weighted by molar-refractivity contribution is 7.89. The minimum atomic E-state index is -3.85. The average molecular weight is 355 g/mol. The molecule has 0 aliphatic carbocycles. The molecule has 128 valence electrons. The van der Waals surface area contributed by atoms with E-state index in [1.54, 1.807) is 4.90 Å². The first-order valence-corrected chi connectivity index (χ1v) is 9.33. The lowest BCUT2D eigenvalue weighted by Gasteiger charge is -2.17. The van der Waals surface area contributed by atoms with E-state index in [1.807, 2.05) is 36.4 Å². The van der Waals surface area contributed by atoms with Crippen molar-refractivity contribution >= 4 is 15.9 Å². The largest absolute Gasteiger partial charge is 0.337 e. The van der Waals surface area contributed by atoms with Crippen molar-refractivity contribution in [2.24, 2.45) is 0 Å². The van der Waals surface area contributed by atoms with Crippen LogP contribution in [0.15, 0.2) is 59.5 Å². The van der Waals surface area contributed by atoms with Gasteiger partial charge in [0.25, 0.3) is 0 Å². The van der Waals surface area contributed by atoms with Crippen molar-refractivity contribution in [2.45, 2.75) is 23.9 Å². The molecule has 3 rings (SSSR count). The molecule has 1 heterocycles. The fourth-order valence-corrected chi connectivity index (χ4v) is 4.07. The molecule has 0 unspecified atom stereocenters. The number of sulfonamides is 1. The Morgan fingerprint density at radius 3 is 2.64 bits per heavy atom. The van der Waals surface area contributed by atoms with Crippen molar-refractivity contribution in [1.29, 1.82) is 5.26 Å². The van der Waals surface area contributed by atoms with Gasteiger partial charge in [0, 0.05) is 13.1 Å². The first-order chi connectivity index (χ1) is 12.0. The molecule has 1 fully saturated rings. The lowest BCUT2D eigenvalue weighted by atomic mass is 10.2. The Morgan fingerprint density at radius 2 is 1.92 bits per heavy atom. The summed E-state index contributed by atoms with van der Waals surface area (Å²) in [6.07, 6.45) is 0.419. The maximum Gasteiger partial charge on any atom is 0.241 e. The molecule has 2 aromatic carbocycles. The third-order valence-corrected chi connectivity index (χ3v) is 5.55. The summed E-state index contributed by atoms with van der Waals surface area (Å²) in [5, 5.41) is 8.90. The molecule has 6 nitrogen and oxygen atoms in total. The first kappa shape index (κ1) is 17.1. The number of carbonyl (C=O) groups excluding carboxylic acids is 1. The van der Waals surface area contributed by atoms with E-state index in [-0.39, 0.29) is 16.4 Å². The lowest BCUT2D eigenvalue weighted by molar-refractivity contribution is -0.129. The molecule has 0 radical (unpaired) electrons. The number of nitrogens with one attached hydrogen (secondary N) is 1. The van der Waals surface area contributed by atoms with Gasteiger partial charge in [-0.15, -0.1) is 0 Å². The Morgan fingerprint density at radius 1 is 1.16 bits per heavy atom. The van der Waals surface area contributed by atoms with E-state index < -0.39 is 16.1 Å². The van der Waals surface area contributed by atoms with Crippen molar-refractivity contribution in [3.8, 4) is 6.07 Å². The molecule has 0 aromatic heterocycles. The summed E-state index contributed by atoms with van der Waals surface area (Å²) in [5.41, 5.74) is 1.26. The topological polar surface area (TPSA) is 90.3 Å². The summed E-state index contributed by atoms with van der Waals surface area (Å²) < 4.78 is 27.4. The van der Waals surface area contributed by atoms with Crippen molar-refractivity contribution in [3.05, 3.63) is 65.7 Å². The Kier molecular flexibility index (Phi) is 4.83. The molecule has 2 aromatic rings. The van der Waals surface area contributed by atoms with E-state index in [0.29, 0.717) is 19.5 Å². The highest BCUT2D eigenvalue weighted by Crippen LogP contribution is 2.18. The molecule has 7 heteroatoms. The van der Waals surface area contributed by atoms with Gasteiger partial charge in [-0.3, -0.25) is 4.79 Å². The second-order valence-electron chi connectivity index (χ2n) is 5.85. The SMILES string of the molecule is N#Cc1cccc(S(=O)(=O)N[C@H]2CCN(Cc3ccccc3)C2=O)c1. The third kappa shape index (κ3) is 3.87. The number of rotatable bonds is 5. The fourth-order valence-electron chi connectivity index (χ4n) is 2.80. The highest BCUT2D eigenvalue weighted by Gasteiger charge is 2.34. The van der Waals surface area contributed by atoms with Gasteiger partial charge in [-0.05, 0) is 30.2 Å². The summed E-state index contributed by atoms with van der Waals surface area (Å²) in [7, 11) is -3.85. The number of likely N-dealkylation sites (tertiary alicyclic amines) is 1. The molecule has 1 saturated heterocycles. The summed E-state index contributed by atoms with van der Waals surface area (Å²) in [6.45, 7) is 0.959. The summed E-state index contributed by atoms with van der Waals surface area (Å²) in [5.74, 6) is -0.233. The summed E-state index contributed by atoms with van der Waals surface area (Å²) in [6, 6.07) is 16.4. The minimum absolute atomic E-state index is 0.0131. The van der Waals surface area contributed by atoms with Crippen LogP contribution in [0.5, 0.6) is 0 Å². The average Bonchev–Trinajstić information content (AvgIpc) is 2.95. The molecule has 1 N–H and O–H groups in total. The Hall–Kier alpha value is -2.69. The van der Waals surface area contributed by atoms with Crippen LogP contribution in [0.4, 0.5) is 0 Å². The Bertz CT molecular complexity index is 920. The maximum atomic E-state index is 12.5. The second kappa shape index (κ2) is 7.05. The number of benzene rings is 2. The Balaban J connectivity index is 1.71. The van der Waals surface area contributed by atoms with Gasteiger partial charge in [0.15, 0.2) is 0 Å². The van der Waals surface area contributed by atoms with E-state index >= 15 is 0 Å². The molecular formula is C18H17N3O3S. The van der Waals surface area contributed by atoms with E-state index in [4.69, 9.17) is 5.26 Å². The van der Waals surface area contributed by atoms with Gasteiger partial charge in [-0.2, -0.15) is 9.98 Å². The monoisotopic (exact) mass is 355 g/mol. The van der Waals surface area contributed by atoms with Gasteiger partial charge in [0.1, 0.15) is 6.04 Å². The van der Waals surface area contributed by atoms with Crippen LogP contribution in [0, 0.1) is 11.3 Å². The predicted octanol–water partition coefficient (Wildman–Crippen LogP) is 1.64. The van der Waals surface area contributed by atoms with Crippen LogP contribution in [0.25, 0.3) is 0 Å². The number of hydrogen-bond acceptors (Lipinski definition) is 4. The molecule has 0 spiro atoms. The molecule has 1 atom stereocenters. The van der Waals surface area contributed by atoms with Crippen LogP contribution in [0.1, 0.15) is 17.5 Å². The van der Waals surface area contributed by atoms with E-state index in [9.17, 15) is 13.2 Å². The minimum Gasteiger partial charge on any atom is -0.337 e. The van der Waals surface area contributed by atoms with Crippen molar-refractivity contribution in [3.63, 3.8) is 0 Å². The van der Waals surface area contributed by atoms with Crippen LogP contribution >= 0.6 is 0 Å². The molecule has 25 heavy (non-hydrogen) atoms.